The standard InChI is InChI=1S/C17H12ClNO2/c18-16-7-5-13(6-8-16)9-14(10-19)12-21-17-4-2-1-3-15(17)11-20/h1-9,11H,12H2/b14-9+. The fourth-order valence-electron chi connectivity index (χ4n) is 1.73. The number of benzene rings is 2. The van der Waals surface area contributed by atoms with Crippen molar-refractivity contribution in [2.45, 2.75) is 0 Å². The molecule has 0 aromatic heterocycles. The molecule has 2 aromatic carbocycles. The summed E-state index contributed by atoms with van der Waals surface area (Å²) in [6, 6.07) is 16.1. The fraction of sp³-hybridized carbons (Fsp3) is 0.0588. The number of carbonyl (C=O) groups excluding carboxylic acids is 1. The Morgan fingerprint density at radius 2 is 1.90 bits per heavy atom. The molecule has 0 N–H and O–H groups in total. The molecule has 0 saturated heterocycles. The lowest BCUT2D eigenvalue weighted by Crippen LogP contribution is -2.01. The highest BCUT2D eigenvalue weighted by atomic mass is 35.5. The molecular formula is C17H12ClNO2. The van der Waals surface area contributed by atoms with Crippen molar-refractivity contribution in [1.29, 1.82) is 5.26 Å². The zero-order chi connectivity index (χ0) is 15.1. The largest absolute Gasteiger partial charge is 0.487 e. The van der Waals surface area contributed by atoms with Gasteiger partial charge in [0.05, 0.1) is 17.2 Å². The van der Waals surface area contributed by atoms with Gasteiger partial charge in [-0.2, -0.15) is 5.26 Å². The quantitative estimate of drug-likeness (QED) is 0.615. The maximum absolute atomic E-state index is 10.9. The van der Waals surface area contributed by atoms with Crippen molar-refractivity contribution < 1.29 is 9.53 Å². The van der Waals surface area contributed by atoms with E-state index in [4.69, 9.17) is 21.6 Å². The number of hydrogen-bond donors (Lipinski definition) is 0. The van der Waals surface area contributed by atoms with Gasteiger partial charge >= 0.3 is 0 Å². The molecule has 0 aliphatic rings. The van der Waals surface area contributed by atoms with Gasteiger partial charge in [0, 0.05) is 5.02 Å². The van der Waals surface area contributed by atoms with Crippen molar-refractivity contribution in [2.24, 2.45) is 0 Å². The van der Waals surface area contributed by atoms with Gasteiger partial charge in [0.15, 0.2) is 6.29 Å². The summed E-state index contributed by atoms with van der Waals surface area (Å²) in [6.07, 6.45) is 2.45. The van der Waals surface area contributed by atoms with Gasteiger partial charge in [0.1, 0.15) is 12.4 Å². The fourth-order valence-corrected chi connectivity index (χ4v) is 1.86. The van der Waals surface area contributed by atoms with Crippen LogP contribution in [-0.2, 0) is 0 Å². The zero-order valence-corrected chi connectivity index (χ0v) is 11.9. The first kappa shape index (κ1) is 14.8. The normalized spacial score (nSPS) is 10.8. The summed E-state index contributed by atoms with van der Waals surface area (Å²) >= 11 is 5.81. The predicted octanol–water partition coefficient (Wildman–Crippen LogP) is 4.14. The van der Waals surface area contributed by atoms with Crippen molar-refractivity contribution in [3.8, 4) is 11.8 Å². The summed E-state index contributed by atoms with van der Waals surface area (Å²) in [5.74, 6) is 0.463. The van der Waals surface area contributed by atoms with Crippen LogP contribution in [0.3, 0.4) is 0 Å². The van der Waals surface area contributed by atoms with Crippen molar-refractivity contribution >= 4 is 24.0 Å². The molecule has 4 heteroatoms. The predicted molar refractivity (Wildman–Crippen MR) is 82.4 cm³/mol. The van der Waals surface area contributed by atoms with Gasteiger partial charge in [-0.1, -0.05) is 35.9 Å². The first-order valence-corrected chi connectivity index (χ1v) is 6.64. The molecule has 0 amide bonds. The van der Waals surface area contributed by atoms with Crippen LogP contribution in [0, 0.1) is 11.3 Å². The van der Waals surface area contributed by atoms with Gasteiger partial charge in [0.25, 0.3) is 0 Å². The van der Waals surface area contributed by atoms with Gasteiger partial charge < -0.3 is 4.74 Å². The van der Waals surface area contributed by atoms with E-state index in [1.54, 1.807) is 42.5 Å². The Morgan fingerprint density at radius 3 is 2.57 bits per heavy atom. The molecule has 0 fully saturated rings. The van der Waals surface area contributed by atoms with Gasteiger partial charge in [-0.15, -0.1) is 0 Å². The Hall–Kier alpha value is -2.57. The van der Waals surface area contributed by atoms with Crippen LogP contribution in [0.2, 0.25) is 5.02 Å². The summed E-state index contributed by atoms with van der Waals surface area (Å²) in [6.45, 7) is 0.101. The highest BCUT2D eigenvalue weighted by molar-refractivity contribution is 6.30. The molecule has 0 unspecified atom stereocenters. The van der Waals surface area contributed by atoms with E-state index < -0.39 is 0 Å². The Morgan fingerprint density at radius 1 is 1.19 bits per heavy atom. The third-order valence-corrected chi connectivity index (χ3v) is 3.04. The second-order valence-electron chi connectivity index (χ2n) is 4.28. The smallest absolute Gasteiger partial charge is 0.153 e. The number of rotatable bonds is 5. The second kappa shape index (κ2) is 7.28. The molecule has 0 saturated carbocycles. The highest BCUT2D eigenvalue weighted by Gasteiger charge is 2.03. The van der Waals surface area contributed by atoms with Crippen molar-refractivity contribution in [2.75, 3.05) is 6.61 Å². The van der Waals surface area contributed by atoms with Crippen LogP contribution >= 0.6 is 11.6 Å². The molecule has 3 nitrogen and oxygen atoms in total. The van der Waals surface area contributed by atoms with E-state index in [9.17, 15) is 4.79 Å². The Bertz CT molecular complexity index is 699. The number of nitrogens with zero attached hydrogens (tertiary/aromatic N) is 1. The molecule has 0 spiro atoms. The first-order valence-electron chi connectivity index (χ1n) is 6.26. The maximum atomic E-state index is 10.9. The Kier molecular flexibility index (Phi) is 5.14. The molecule has 0 heterocycles. The van der Waals surface area contributed by atoms with E-state index in [0.717, 1.165) is 11.8 Å². The lowest BCUT2D eigenvalue weighted by atomic mass is 10.1. The molecule has 0 aliphatic heterocycles. The number of ether oxygens (including phenoxy) is 1. The van der Waals surface area contributed by atoms with Gasteiger partial charge in [0.2, 0.25) is 0 Å². The van der Waals surface area contributed by atoms with Crippen LogP contribution in [0.1, 0.15) is 15.9 Å². The minimum atomic E-state index is 0.101. The number of hydrogen-bond acceptors (Lipinski definition) is 3. The van der Waals surface area contributed by atoms with Crippen LogP contribution < -0.4 is 4.74 Å². The minimum absolute atomic E-state index is 0.101. The Labute approximate surface area is 128 Å². The van der Waals surface area contributed by atoms with Crippen LogP contribution in [0.25, 0.3) is 6.08 Å². The van der Waals surface area contributed by atoms with E-state index in [2.05, 4.69) is 6.07 Å². The first-order chi connectivity index (χ1) is 10.2. The lowest BCUT2D eigenvalue weighted by Gasteiger charge is -2.07. The monoisotopic (exact) mass is 297 g/mol. The molecule has 104 valence electrons. The summed E-state index contributed by atoms with van der Waals surface area (Å²) < 4.78 is 5.53. The average Bonchev–Trinajstić information content (AvgIpc) is 2.53. The molecule has 0 bridgehead atoms. The van der Waals surface area contributed by atoms with Crippen LogP contribution in [0.4, 0.5) is 0 Å². The van der Waals surface area contributed by atoms with Crippen LogP contribution in [-0.4, -0.2) is 12.9 Å². The van der Waals surface area contributed by atoms with E-state index in [1.165, 1.54) is 0 Å². The topological polar surface area (TPSA) is 50.1 Å². The maximum Gasteiger partial charge on any atom is 0.153 e. The number of aldehydes is 1. The molecule has 0 aliphatic carbocycles. The molecule has 21 heavy (non-hydrogen) atoms. The second-order valence-corrected chi connectivity index (χ2v) is 4.71. The van der Waals surface area contributed by atoms with Crippen LogP contribution in [0.5, 0.6) is 5.75 Å². The van der Waals surface area contributed by atoms with Crippen molar-refractivity contribution in [3.63, 3.8) is 0 Å². The number of halogens is 1. The minimum Gasteiger partial charge on any atom is -0.487 e. The zero-order valence-electron chi connectivity index (χ0n) is 11.1. The van der Waals surface area contributed by atoms with E-state index in [-0.39, 0.29) is 6.61 Å². The van der Waals surface area contributed by atoms with Gasteiger partial charge in [-0.05, 0) is 35.9 Å². The molecule has 2 aromatic rings. The molecule has 2 rings (SSSR count). The van der Waals surface area contributed by atoms with Crippen molar-refractivity contribution in [3.05, 3.63) is 70.3 Å². The van der Waals surface area contributed by atoms with E-state index in [0.29, 0.717) is 21.9 Å². The number of carbonyl (C=O) groups is 1. The summed E-state index contributed by atoms with van der Waals surface area (Å²) in [7, 11) is 0. The molecule has 0 atom stereocenters. The third kappa shape index (κ3) is 4.20. The van der Waals surface area contributed by atoms with E-state index >= 15 is 0 Å². The summed E-state index contributed by atoms with van der Waals surface area (Å²) in [5, 5.41) is 9.79. The van der Waals surface area contributed by atoms with Gasteiger partial charge in [-0.3, -0.25) is 4.79 Å². The highest BCUT2D eigenvalue weighted by Crippen LogP contribution is 2.17. The number of nitriles is 1. The SMILES string of the molecule is N#C/C(=C\c1ccc(Cl)cc1)COc1ccccc1C=O. The summed E-state index contributed by atoms with van der Waals surface area (Å²) in [4.78, 5) is 10.9. The third-order valence-electron chi connectivity index (χ3n) is 2.78. The van der Waals surface area contributed by atoms with Gasteiger partial charge in [-0.25, -0.2) is 0 Å². The number of para-hydroxylation sites is 1. The molecule has 0 radical (unpaired) electrons. The lowest BCUT2D eigenvalue weighted by molar-refractivity contribution is 0.112. The molecular weight excluding hydrogens is 286 g/mol. The summed E-state index contributed by atoms with van der Waals surface area (Å²) in [5.41, 5.74) is 1.78. The van der Waals surface area contributed by atoms with Crippen LogP contribution in [0.15, 0.2) is 54.1 Å². The average molecular weight is 298 g/mol. The van der Waals surface area contributed by atoms with E-state index in [1.807, 2.05) is 12.1 Å². The Balaban J connectivity index is 2.11. The van der Waals surface area contributed by atoms with Crippen molar-refractivity contribution in [1.82, 2.24) is 0 Å².